The largest absolute Gasteiger partial charge is 0.478 e. The molecule has 16 heavy (non-hydrogen) atoms. The lowest BCUT2D eigenvalue weighted by atomic mass is 10.4. The van der Waals surface area contributed by atoms with Gasteiger partial charge in [0.2, 0.25) is 0 Å². The van der Waals surface area contributed by atoms with E-state index < -0.39 is 5.97 Å². The first-order valence-electron chi connectivity index (χ1n) is 5.23. The summed E-state index contributed by atoms with van der Waals surface area (Å²) < 4.78 is 10.1. The Kier molecular flexibility index (Phi) is 5.11. The van der Waals surface area contributed by atoms with E-state index in [9.17, 15) is 4.79 Å². The average molecular weight is 224 g/mol. The third kappa shape index (κ3) is 4.16. The topological polar surface area (TPSA) is 74.4 Å². The van der Waals surface area contributed by atoms with Crippen LogP contribution >= 0.6 is 0 Å². The Bertz CT molecular complexity index is 342. The molecular weight excluding hydrogens is 208 g/mol. The van der Waals surface area contributed by atoms with Gasteiger partial charge in [-0.25, -0.2) is 9.78 Å². The fraction of sp³-hybridized carbons (Fsp3) is 0.455. The first kappa shape index (κ1) is 12.3. The van der Waals surface area contributed by atoms with E-state index in [1.165, 1.54) is 0 Å². The minimum atomic E-state index is -0.392. The number of esters is 1. The third-order valence-corrected chi connectivity index (χ3v) is 1.91. The van der Waals surface area contributed by atoms with Crippen molar-refractivity contribution in [3.05, 3.63) is 18.3 Å². The highest BCUT2D eigenvalue weighted by atomic mass is 16.6. The first-order valence-corrected chi connectivity index (χ1v) is 5.23. The minimum Gasteiger partial charge on any atom is -0.478 e. The van der Waals surface area contributed by atoms with Gasteiger partial charge in [0, 0.05) is 6.20 Å². The average Bonchev–Trinajstić information content (AvgIpc) is 2.28. The van der Waals surface area contributed by atoms with E-state index in [4.69, 9.17) is 15.2 Å². The molecule has 0 aliphatic heterocycles. The number of carbonyl (C=O) groups excluding carboxylic acids is 1. The van der Waals surface area contributed by atoms with Crippen molar-refractivity contribution >= 4 is 11.8 Å². The van der Waals surface area contributed by atoms with Crippen molar-refractivity contribution in [2.45, 2.75) is 19.8 Å². The summed E-state index contributed by atoms with van der Waals surface area (Å²) in [5.41, 5.74) is 5.54. The van der Waals surface area contributed by atoms with Crippen LogP contribution in [0.25, 0.3) is 0 Å². The second-order valence-corrected chi connectivity index (χ2v) is 3.25. The maximum Gasteiger partial charge on any atom is 0.344 e. The summed E-state index contributed by atoms with van der Waals surface area (Å²) in [5.74, 6) is 0.274. The van der Waals surface area contributed by atoms with Gasteiger partial charge in [-0.3, -0.25) is 0 Å². The molecule has 0 aliphatic carbocycles. The molecule has 1 aromatic heterocycles. The molecule has 0 atom stereocenters. The zero-order chi connectivity index (χ0) is 11.8. The lowest BCUT2D eigenvalue weighted by molar-refractivity contribution is -0.146. The van der Waals surface area contributed by atoms with Crippen LogP contribution < -0.4 is 10.5 Å². The standard InChI is InChI=1S/C11H16N2O3/c1-2-3-7-15-10(14)8-16-9-5-4-6-13-11(9)12/h4-6H,2-3,7-8H2,1H3,(H2,12,13). The number of ether oxygens (including phenoxy) is 2. The second-order valence-electron chi connectivity index (χ2n) is 3.25. The third-order valence-electron chi connectivity index (χ3n) is 1.91. The molecule has 0 fully saturated rings. The number of nitrogens with two attached hydrogens (primary N) is 1. The van der Waals surface area contributed by atoms with Gasteiger partial charge in [0.25, 0.3) is 0 Å². The molecule has 5 heteroatoms. The van der Waals surface area contributed by atoms with Crippen molar-refractivity contribution in [1.29, 1.82) is 0 Å². The van der Waals surface area contributed by atoms with Gasteiger partial charge < -0.3 is 15.2 Å². The predicted octanol–water partition coefficient (Wildman–Crippen LogP) is 1.39. The smallest absolute Gasteiger partial charge is 0.344 e. The van der Waals surface area contributed by atoms with Crippen molar-refractivity contribution in [1.82, 2.24) is 4.98 Å². The maximum absolute atomic E-state index is 11.2. The van der Waals surface area contributed by atoms with Crippen molar-refractivity contribution in [3.63, 3.8) is 0 Å². The number of aromatic nitrogens is 1. The highest BCUT2D eigenvalue weighted by Gasteiger charge is 2.06. The van der Waals surface area contributed by atoms with Gasteiger partial charge in [0.1, 0.15) is 0 Å². The monoisotopic (exact) mass is 224 g/mol. The van der Waals surface area contributed by atoms with E-state index in [0.29, 0.717) is 12.4 Å². The predicted molar refractivity (Wildman–Crippen MR) is 60.0 cm³/mol. The molecule has 0 spiro atoms. The quantitative estimate of drug-likeness (QED) is 0.583. The Morgan fingerprint density at radius 3 is 3.06 bits per heavy atom. The van der Waals surface area contributed by atoms with Crippen molar-refractivity contribution in [3.8, 4) is 5.75 Å². The normalized spacial score (nSPS) is 9.81. The number of hydrogen-bond acceptors (Lipinski definition) is 5. The van der Waals surface area contributed by atoms with Crippen molar-refractivity contribution < 1.29 is 14.3 Å². The summed E-state index contributed by atoms with van der Waals surface area (Å²) in [6, 6.07) is 3.34. The number of nitrogens with zero attached hydrogens (tertiary/aromatic N) is 1. The number of rotatable bonds is 6. The number of carbonyl (C=O) groups is 1. The van der Waals surface area contributed by atoms with Gasteiger partial charge in [-0.1, -0.05) is 13.3 Å². The van der Waals surface area contributed by atoms with Gasteiger partial charge in [-0.15, -0.1) is 0 Å². The summed E-state index contributed by atoms with van der Waals surface area (Å²) in [5, 5.41) is 0. The van der Waals surface area contributed by atoms with Gasteiger partial charge in [0.15, 0.2) is 18.2 Å². The van der Waals surface area contributed by atoms with Gasteiger partial charge in [0.05, 0.1) is 6.61 Å². The molecule has 1 aromatic rings. The lowest BCUT2D eigenvalue weighted by Gasteiger charge is -2.07. The molecule has 2 N–H and O–H groups in total. The number of nitrogen functional groups attached to an aromatic ring is 1. The molecule has 1 heterocycles. The van der Waals surface area contributed by atoms with Crippen LogP contribution in [-0.2, 0) is 9.53 Å². The van der Waals surface area contributed by atoms with Crippen LogP contribution in [0.3, 0.4) is 0 Å². The number of hydrogen-bond donors (Lipinski definition) is 1. The Hall–Kier alpha value is -1.78. The Morgan fingerprint density at radius 2 is 2.38 bits per heavy atom. The number of unbranched alkanes of at least 4 members (excludes halogenated alkanes) is 1. The number of anilines is 1. The van der Waals surface area contributed by atoms with E-state index in [1.54, 1.807) is 18.3 Å². The summed E-state index contributed by atoms with van der Waals surface area (Å²) in [7, 11) is 0. The Balaban J connectivity index is 2.29. The molecule has 0 saturated heterocycles. The zero-order valence-electron chi connectivity index (χ0n) is 9.31. The van der Waals surface area contributed by atoms with Gasteiger partial charge in [-0.2, -0.15) is 0 Å². The second kappa shape index (κ2) is 6.66. The fourth-order valence-electron chi connectivity index (χ4n) is 1.03. The molecule has 0 unspecified atom stereocenters. The molecule has 5 nitrogen and oxygen atoms in total. The van der Waals surface area contributed by atoms with Crippen LogP contribution in [0.15, 0.2) is 18.3 Å². The lowest BCUT2D eigenvalue weighted by Crippen LogP contribution is -2.16. The molecule has 0 aromatic carbocycles. The van der Waals surface area contributed by atoms with Gasteiger partial charge in [-0.05, 0) is 18.6 Å². The molecule has 0 radical (unpaired) electrons. The Labute approximate surface area is 94.6 Å². The van der Waals surface area contributed by atoms with Crippen LogP contribution in [0.5, 0.6) is 5.75 Å². The molecule has 0 aliphatic rings. The van der Waals surface area contributed by atoms with Crippen LogP contribution in [-0.4, -0.2) is 24.2 Å². The SMILES string of the molecule is CCCCOC(=O)COc1cccnc1N. The molecule has 88 valence electrons. The van der Waals surface area contributed by atoms with Gasteiger partial charge >= 0.3 is 5.97 Å². The summed E-state index contributed by atoms with van der Waals surface area (Å²) in [4.78, 5) is 15.0. The van der Waals surface area contributed by atoms with E-state index in [2.05, 4.69) is 4.98 Å². The summed E-state index contributed by atoms with van der Waals surface area (Å²) >= 11 is 0. The van der Waals surface area contributed by atoms with Crippen LogP contribution in [0.1, 0.15) is 19.8 Å². The van der Waals surface area contributed by atoms with Crippen LogP contribution in [0, 0.1) is 0 Å². The van der Waals surface area contributed by atoms with Crippen LogP contribution in [0.4, 0.5) is 5.82 Å². The van der Waals surface area contributed by atoms with E-state index in [1.807, 2.05) is 6.92 Å². The molecule has 0 amide bonds. The highest BCUT2D eigenvalue weighted by molar-refractivity contribution is 5.71. The van der Waals surface area contributed by atoms with E-state index in [0.717, 1.165) is 12.8 Å². The van der Waals surface area contributed by atoms with E-state index >= 15 is 0 Å². The zero-order valence-corrected chi connectivity index (χ0v) is 9.31. The van der Waals surface area contributed by atoms with E-state index in [-0.39, 0.29) is 12.4 Å². The Morgan fingerprint density at radius 1 is 1.56 bits per heavy atom. The molecule has 0 bridgehead atoms. The van der Waals surface area contributed by atoms with Crippen molar-refractivity contribution in [2.75, 3.05) is 18.9 Å². The molecule has 1 rings (SSSR count). The summed E-state index contributed by atoms with van der Waals surface area (Å²) in [6.45, 7) is 2.32. The minimum absolute atomic E-state index is 0.139. The maximum atomic E-state index is 11.2. The fourth-order valence-corrected chi connectivity index (χ4v) is 1.03. The van der Waals surface area contributed by atoms with Crippen LogP contribution in [0.2, 0.25) is 0 Å². The highest BCUT2D eigenvalue weighted by Crippen LogP contribution is 2.16. The molecule has 0 saturated carbocycles. The first-order chi connectivity index (χ1) is 7.74. The van der Waals surface area contributed by atoms with Crippen molar-refractivity contribution in [2.24, 2.45) is 0 Å². The number of pyridine rings is 1. The summed E-state index contributed by atoms with van der Waals surface area (Å²) in [6.07, 6.45) is 3.41. The molecular formula is C11H16N2O3.